The molecule has 1 N–H and O–H groups in total. The van der Waals surface area contributed by atoms with Gasteiger partial charge < -0.3 is 15.0 Å². The molecule has 0 aliphatic rings. The van der Waals surface area contributed by atoms with E-state index >= 15 is 0 Å². The van der Waals surface area contributed by atoms with Crippen LogP contribution in [0.5, 0.6) is 5.75 Å². The van der Waals surface area contributed by atoms with E-state index in [4.69, 9.17) is 4.74 Å². The summed E-state index contributed by atoms with van der Waals surface area (Å²) >= 11 is 0. The third kappa shape index (κ3) is 3.41. The van der Waals surface area contributed by atoms with E-state index in [1.165, 1.54) is 5.56 Å². The smallest absolute Gasteiger partial charge is 0.128 e. The van der Waals surface area contributed by atoms with Gasteiger partial charge in [0.25, 0.3) is 0 Å². The van der Waals surface area contributed by atoms with Crippen molar-refractivity contribution in [2.75, 3.05) is 31.4 Å². The Labute approximate surface area is 120 Å². The van der Waals surface area contributed by atoms with Gasteiger partial charge in [0.1, 0.15) is 11.6 Å². The van der Waals surface area contributed by atoms with Crippen molar-refractivity contribution in [2.24, 2.45) is 0 Å². The highest BCUT2D eigenvalue weighted by Gasteiger charge is 2.07. The Hall–Kier alpha value is -2.23. The maximum atomic E-state index is 5.25. The molecule has 0 saturated carbocycles. The van der Waals surface area contributed by atoms with E-state index in [1.54, 1.807) is 7.11 Å². The van der Waals surface area contributed by atoms with Crippen molar-refractivity contribution < 1.29 is 4.74 Å². The van der Waals surface area contributed by atoms with Crippen molar-refractivity contribution in [1.82, 2.24) is 4.98 Å². The molecule has 2 rings (SSSR count). The third-order valence-corrected chi connectivity index (χ3v) is 3.18. The number of hydrogen-bond acceptors (Lipinski definition) is 4. The molecule has 0 amide bonds. The van der Waals surface area contributed by atoms with E-state index in [-0.39, 0.29) is 6.04 Å². The summed E-state index contributed by atoms with van der Waals surface area (Å²) in [5.41, 5.74) is 2.19. The number of nitrogens with one attached hydrogen (secondary N) is 1. The quantitative estimate of drug-likeness (QED) is 0.905. The fourth-order valence-electron chi connectivity index (χ4n) is 1.98. The first kappa shape index (κ1) is 14.2. The Bertz CT molecular complexity index is 552. The predicted octanol–water partition coefficient (Wildman–Crippen LogP) is 3.33. The Balaban J connectivity index is 2.08. The van der Waals surface area contributed by atoms with Gasteiger partial charge in [0.2, 0.25) is 0 Å². The average molecular weight is 271 g/mol. The van der Waals surface area contributed by atoms with E-state index in [0.29, 0.717) is 0 Å². The summed E-state index contributed by atoms with van der Waals surface area (Å²) in [6.07, 6.45) is 1.85. The Morgan fingerprint density at radius 2 is 2.00 bits per heavy atom. The van der Waals surface area contributed by atoms with Crippen molar-refractivity contribution in [3.05, 3.63) is 48.2 Å². The second-order valence-corrected chi connectivity index (χ2v) is 4.94. The van der Waals surface area contributed by atoms with Crippen molar-refractivity contribution in [2.45, 2.75) is 13.0 Å². The highest BCUT2D eigenvalue weighted by atomic mass is 16.5. The van der Waals surface area contributed by atoms with Crippen LogP contribution in [0.15, 0.2) is 42.6 Å². The molecule has 0 saturated heterocycles. The third-order valence-electron chi connectivity index (χ3n) is 3.18. The van der Waals surface area contributed by atoms with Crippen molar-refractivity contribution in [3.63, 3.8) is 0 Å². The van der Waals surface area contributed by atoms with E-state index in [2.05, 4.69) is 23.3 Å². The molecule has 1 atom stereocenters. The summed E-state index contributed by atoms with van der Waals surface area (Å²) in [5.74, 6) is 1.82. The SMILES string of the molecule is COc1cccc(C(C)Nc2ccc(N(C)C)nc2)c1. The lowest BCUT2D eigenvalue weighted by Crippen LogP contribution is -2.11. The number of aromatic nitrogens is 1. The minimum atomic E-state index is 0.192. The van der Waals surface area contributed by atoms with Gasteiger partial charge in [-0.3, -0.25) is 0 Å². The summed E-state index contributed by atoms with van der Waals surface area (Å²) in [4.78, 5) is 6.38. The van der Waals surface area contributed by atoms with Crippen LogP contribution < -0.4 is 15.0 Å². The van der Waals surface area contributed by atoms with Gasteiger partial charge in [-0.1, -0.05) is 12.1 Å². The summed E-state index contributed by atoms with van der Waals surface area (Å²) in [7, 11) is 5.64. The van der Waals surface area contributed by atoms with Crippen LogP contribution in [0.25, 0.3) is 0 Å². The lowest BCUT2D eigenvalue weighted by atomic mass is 10.1. The van der Waals surface area contributed by atoms with Crippen molar-refractivity contribution >= 4 is 11.5 Å². The van der Waals surface area contributed by atoms with Crippen LogP contribution in [0.1, 0.15) is 18.5 Å². The second-order valence-electron chi connectivity index (χ2n) is 4.94. The Morgan fingerprint density at radius 1 is 1.20 bits per heavy atom. The maximum Gasteiger partial charge on any atom is 0.128 e. The number of anilines is 2. The van der Waals surface area contributed by atoms with Crippen LogP contribution in [0.3, 0.4) is 0 Å². The molecule has 1 aromatic carbocycles. The second kappa shape index (κ2) is 6.28. The minimum absolute atomic E-state index is 0.192. The number of hydrogen-bond donors (Lipinski definition) is 1. The van der Waals surface area contributed by atoms with Gasteiger partial charge in [0.15, 0.2) is 0 Å². The van der Waals surface area contributed by atoms with Gasteiger partial charge >= 0.3 is 0 Å². The van der Waals surface area contributed by atoms with Gasteiger partial charge in [-0.15, -0.1) is 0 Å². The maximum absolute atomic E-state index is 5.25. The first-order valence-electron chi connectivity index (χ1n) is 6.64. The van der Waals surface area contributed by atoms with Crippen molar-refractivity contribution in [1.29, 1.82) is 0 Å². The normalized spacial score (nSPS) is 11.8. The number of ether oxygens (including phenoxy) is 1. The lowest BCUT2D eigenvalue weighted by molar-refractivity contribution is 0.414. The molecule has 1 heterocycles. The Kier molecular flexibility index (Phi) is 4.45. The molecular weight excluding hydrogens is 250 g/mol. The zero-order valence-electron chi connectivity index (χ0n) is 12.4. The monoisotopic (exact) mass is 271 g/mol. The van der Waals surface area contributed by atoms with Gasteiger partial charge in [-0.05, 0) is 36.8 Å². The average Bonchev–Trinajstić information content (AvgIpc) is 2.47. The highest BCUT2D eigenvalue weighted by Crippen LogP contribution is 2.23. The molecule has 1 unspecified atom stereocenters. The van der Waals surface area contributed by atoms with Crippen LogP contribution in [0.2, 0.25) is 0 Å². The molecule has 0 aliphatic heterocycles. The fourth-order valence-corrected chi connectivity index (χ4v) is 1.98. The molecule has 20 heavy (non-hydrogen) atoms. The number of pyridine rings is 1. The van der Waals surface area contributed by atoms with E-state index in [9.17, 15) is 0 Å². The van der Waals surface area contributed by atoms with Gasteiger partial charge in [-0.2, -0.15) is 0 Å². The van der Waals surface area contributed by atoms with Gasteiger partial charge in [-0.25, -0.2) is 4.98 Å². The Morgan fingerprint density at radius 3 is 2.60 bits per heavy atom. The molecule has 106 valence electrons. The summed E-state index contributed by atoms with van der Waals surface area (Å²) < 4.78 is 5.25. The molecule has 0 aliphatic carbocycles. The predicted molar refractivity (Wildman–Crippen MR) is 83.6 cm³/mol. The van der Waals surface area contributed by atoms with Gasteiger partial charge in [0.05, 0.1) is 19.0 Å². The van der Waals surface area contributed by atoms with E-state index in [0.717, 1.165) is 17.3 Å². The molecule has 0 radical (unpaired) electrons. The molecule has 0 fully saturated rings. The molecule has 2 aromatic rings. The number of methoxy groups -OCH3 is 1. The van der Waals surface area contributed by atoms with Crippen LogP contribution >= 0.6 is 0 Å². The topological polar surface area (TPSA) is 37.4 Å². The molecular formula is C16H21N3O. The molecule has 1 aromatic heterocycles. The number of nitrogens with zero attached hydrogens (tertiary/aromatic N) is 2. The summed E-state index contributed by atoms with van der Waals surface area (Å²) in [5, 5.41) is 3.44. The molecule has 0 bridgehead atoms. The minimum Gasteiger partial charge on any atom is -0.497 e. The van der Waals surface area contributed by atoms with E-state index in [1.807, 2.05) is 55.5 Å². The summed E-state index contributed by atoms with van der Waals surface area (Å²) in [6.45, 7) is 2.12. The zero-order chi connectivity index (χ0) is 14.5. The number of rotatable bonds is 5. The van der Waals surface area contributed by atoms with Crippen LogP contribution in [-0.2, 0) is 0 Å². The van der Waals surface area contributed by atoms with Gasteiger partial charge in [0, 0.05) is 20.1 Å². The van der Waals surface area contributed by atoms with Crippen LogP contribution in [-0.4, -0.2) is 26.2 Å². The first-order chi connectivity index (χ1) is 9.60. The highest BCUT2D eigenvalue weighted by molar-refractivity contribution is 5.49. The largest absolute Gasteiger partial charge is 0.497 e. The van der Waals surface area contributed by atoms with Crippen LogP contribution in [0.4, 0.5) is 11.5 Å². The van der Waals surface area contributed by atoms with Crippen molar-refractivity contribution in [3.8, 4) is 5.75 Å². The fraction of sp³-hybridized carbons (Fsp3) is 0.312. The molecule has 4 nitrogen and oxygen atoms in total. The zero-order valence-corrected chi connectivity index (χ0v) is 12.4. The summed E-state index contributed by atoms with van der Waals surface area (Å²) in [6, 6.07) is 12.3. The van der Waals surface area contributed by atoms with Crippen LogP contribution in [0, 0.1) is 0 Å². The molecule has 4 heteroatoms. The standard InChI is InChI=1S/C16H21N3O/c1-12(13-6-5-7-15(10-13)20-4)18-14-8-9-16(17-11-14)19(2)3/h5-12,18H,1-4H3. The lowest BCUT2D eigenvalue weighted by Gasteiger charge is -2.17. The number of benzene rings is 1. The first-order valence-corrected chi connectivity index (χ1v) is 6.64. The molecule has 0 spiro atoms. The van der Waals surface area contributed by atoms with E-state index < -0.39 is 0 Å².